The summed E-state index contributed by atoms with van der Waals surface area (Å²) in [7, 11) is 0. The molecule has 0 amide bonds. The molecule has 0 heterocycles. The second-order valence-corrected chi connectivity index (χ2v) is 14.9. The molecule has 46 heteroatoms. The molecule has 24 N–H and O–H groups in total. The van der Waals surface area contributed by atoms with Gasteiger partial charge in [-0.05, 0) is 0 Å². The van der Waals surface area contributed by atoms with E-state index in [4.69, 9.17) is 123 Å². The van der Waals surface area contributed by atoms with Crippen LogP contribution in [-0.4, -0.2) is 264 Å². The number of aliphatic hydroxyl groups is 6. The second kappa shape index (κ2) is 44.8. The van der Waals surface area contributed by atoms with Crippen LogP contribution < -0.4 is 118 Å². The second-order valence-electron chi connectivity index (χ2n) is 14.9. The van der Waals surface area contributed by atoms with E-state index in [0.717, 1.165) is 0 Å². The Morgan fingerprint density at radius 3 is 0.244 bits per heavy atom. The summed E-state index contributed by atoms with van der Waals surface area (Å²) in [6.45, 7) is 0. The normalized spacial score (nSPS) is 10.3. The average molecular weight is 1250 g/mol. The molecule has 0 atom stereocenters. The Hall–Kier alpha value is -5.78. The van der Waals surface area contributed by atoms with Crippen LogP contribution in [0.1, 0.15) is 82.8 Å². The molecule has 0 aliphatic heterocycles. The standard InChI is InChI=1S/6C6H8O7.4Na.4H/c6*7-3(8)1-6(13,5(11)12)2-4(9)10;;;;;;;;/h6*13H,1-2H2,(H,7,8)(H,9,10)(H,11,12);;;;;;;;/q;;;;;;4*+1;4*-1. The zero-order valence-corrected chi connectivity index (χ0v) is 50.6. The Labute approximate surface area is 546 Å². The fraction of sp³-hybridized carbons (Fsp3) is 0.500. The summed E-state index contributed by atoms with van der Waals surface area (Å²) < 4.78 is 0. The van der Waals surface area contributed by atoms with Crippen molar-refractivity contribution < 1.29 is 333 Å². The first-order chi connectivity index (χ1) is 34.7. The van der Waals surface area contributed by atoms with E-state index in [9.17, 15) is 86.3 Å². The third kappa shape index (κ3) is 48.9. The van der Waals surface area contributed by atoms with E-state index in [-0.39, 0.29) is 124 Å². The van der Waals surface area contributed by atoms with Gasteiger partial charge in [0, 0.05) is 0 Å². The fourth-order valence-corrected chi connectivity index (χ4v) is 4.28. The molecule has 0 saturated carbocycles. The van der Waals surface area contributed by atoms with E-state index in [1.807, 2.05) is 0 Å². The fourth-order valence-electron chi connectivity index (χ4n) is 4.28. The molecule has 0 radical (unpaired) electrons. The van der Waals surface area contributed by atoms with Crippen molar-refractivity contribution in [2.24, 2.45) is 0 Å². The van der Waals surface area contributed by atoms with E-state index in [0.29, 0.717) is 0 Å². The number of carbonyl (C=O) groups is 18. The van der Waals surface area contributed by atoms with Gasteiger partial charge in [-0.25, -0.2) is 28.8 Å². The van der Waals surface area contributed by atoms with Crippen LogP contribution in [0.15, 0.2) is 0 Å². The Kier molecular flexibility index (Phi) is 53.7. The van der Waals surface area contributed by atoms with Gasteiger partial charge in [0.05, 0.1) is 77.0 Å². The molecule has 82 heavy (non-hydrogen) atoms. The molecular weight excluding hydrogens is 1200 g/mol. The first kappa shape index (κ1) is 98.3. The van der Waals surface area contributed by atoms with Gasteiger partial charge >= 0.3 is 226 Å². The number of aliphatic carboxylic acids is 18. The zero-order chi connectivity index (χ0) is 63.9. The van der Waals surface area contributed by atoms with Crippen LogP contribution in [-0.2, 0) is 86.3 Å². The molecule has 0 bridgehead atoms. The molecule has 0 aromatic rings. The Balaban J connectivity index is -0.0000000592. The van der Waals surface area contributed by atoms with Gasteiger partial charge in [-0.15, -0.1) is 0 Å². The number of rotatable bonds is 30. The van der Waals surface area contributed by atoms with Crippen LogP contribution in [0, 0.1) is 0 Å². The predicted octanol–water partition coefficient (Wildman–Crippen LogP) is -19.0. The monoisotopic (exact) mass is 1250 g/mol. The molecule has 452 valence electrons. The Morgan fingerprint density at radius 2 is 0.220 bits per heavy atom. The van der Waals surface area contributed by atoms with E-state index in [1.54, 1.807) is 0 Å². The summed E-state index contributed by atoms with van der Waals surface area (Å²) in [4.78, 5) is 183. The van der Waals surface area contributed by atoms with Crippen molar-refractivity contribution in [3.8, 4) is 0 Å². The van der Waals surface area contributed by atoms with Gasteiger partial charge in [-0.2, -0.15) is 0 Å². The molecule has 0 aromatic carbocycles. The topological polar surface area (TPSA) is 793 Å². The minimum atomic E-state index is -2.74. The van der Waals surface area contributed by atoms with Gasteiger partial charge in [0.1, 0.15) is 0 Å². The van der Waals surface area contributed by atoms with Crippen molar-refractivity contribution >= 4 is 107 Å². The Morgan fingerprint density at radius 1 is 0.171 bits per heavy atom. The van der Waals surface area contributed by atoms with Crippen LogP contribution in [0.4, 0.5) is 0 Å². The summed E-state index contributed by atoms with van der Waals surface area (Å²) in [5, 5.41) is 203. The number of hydrogen-bond donors (Lipinski definition) is 24. The maximum atomic E-state index is 10.3. The third-order valence-electron chi connectivity index (χ3n) is 7.71. The van der Waals surface area contributed by atoms with Gasteiger partial charge < -0.3 is 128 Å². The van der Waals surface area contributed by atoms with Crippen LogP contribution in [0.5, 0.6) is 0 Å². The Bertz CT molecular complexity index is 1810. The summed E-state index contributed by atoms with van der Waals surface area (Å²) in [6, 6.07) is 0. The maximum absolute atomic E-state index is 10.3. The first-order valence-electron chi connectivity index (χ1n) is 19.0. The van der Waals surface area contributed by atoms with Crippen molar-refractivity contribution in [2.75, 3.05) is 0 Å². The van der Waals surface area contributed by atoms with Gasteiger partial charge in [0.15, 0.2) is 33.6 Å². The SMILES string of the molecule is O=C(O)CC(O)(CC(=O)O)C(=O)O.O=C(O)CC(O)(CC(=O)O)C(=O)O.O=C(O)CC(O)(CC(=O)O)C(=O)O.O=C(O)CC(O)(CC(=O)O)C(=O)O.O=C(O)CC(O)(CC(=O)O)C(=O)O.O=C(O)CC(O)(CC(=O)O)C(=O)O.[H-].[H-].[H-].[H-].[Na+].[Na+].[Na+].[Na+]. The van der Waals surface area contributed by atoms with Crippen molar-refractivity contribution in [1.29, 1.82) is 0 Å². The minimum absolute atomic E-state index is 0. The van der Waals surface area contributed by atoms with Gasteiger partial charge in [-0.3, -0.25) is 57.5 Å². The number of carboxylic acids is 18. The van der Waals surface area contributed by atoms with E-state index < -0.39 is 218 Å². The van der Waals surface area contributed by atoms with E-state index in [2.05, 4.69) is 0 Å². The van der Waals surface area contributed by atoms with Crippen molar-refractivity contribution in [1.82, 2.24) is 0 Å². The van der Waals surface area contributed by atoms with Crippen molar-refractivity contribution in [2.45, 2.75) is 111 Å². The zero-order valence-electron chi connectivity index (χ0n) is 46.6. The van der Waals surface area contributed by atoms with Crippen LogP contribution in [0.2, 0.25) is 0 Å². The third-order valence-corrected chi connectivity index (χ3v) is 7.71. The molecule has 0 aliphatic carbocycles. The largest absolute Gasteiger partial charge is 1.00 e. The average Bonchev–Trinajstić information content (AvgIpc) is 3.15. The van der Waals surface area contributed by atoms with Crippen LogP contribution in [0.25, 0.3) is 0 Å². The van der Waals surface area contributed by atoms with Crippen molar-refractivity contribution in [3.63, 3.8) is 0 Å². The first-order valence-corrected chi connectivity index (χ1v) is 19.0. The summed E-state index contributed by atoms with van der Waals surface area (Å²) in [5.41, 5.74) is -16.4. The summed E-state index contributed by atoms with van der Waals surface area (Å²) in [5.74, 6) is -30.1. The quantitative estimate of drug-likeness (QED) is 0.0297. The van der Waals surface area contributed by atoms with Crippen LogP contribution >= 0.6 is 0 Å². The molecule has 0 spiro atoms. The smallest absolute Gasteiger partial charge is 1.00 e. The predicted molar refractivity (Wildman–Crippen MR) is 227 cm³/mol. The molecule has 0 saturated heterocycles. The summed E-state index contributed by atoms with van der Waals surface area (Å²) in [6.07, 6.45) is -13.7. The molecular formula is C36H52Na4O42. The molecule has 0 rings (SSSR count). The molecule has 0 fully saturated rings. The molecule has 0 unspecified atom stereocenters. The van der Waals surface area contributed by atoms with E-state index in [1.165, 1.54) is 0 Å². The number of carboxylic acid groups (broad SMARTS) is 18. The van der Waals surface area contributed by atoms with Crippen LogP contribution in [0.3, 0.4) is 0 Å². The molecule has 0 aliphatic rings. The minimum Gasteiger partial charge on any atom is -1.00 e. The molecule has 0 aromatic heterocycles. The van der Waals surface area contributed by atoms with Gasteiger partial charge in [-0.1, -0.05) is 0 Å². The summed E-state index contributed by atoms with van der Waals surface area (Å²) >= 11 is 0. The van der Waals surface area contributed by atoms with Gasteiger partial charge in [0.2, 0.25) is 0 Å². The maximum Gasteiger partial charge on any atom is 1.00 e. The number of hydrogen-bond acceptors (Lipinski definition) is 24. The molecule has 42 nitrogen and oxygen atoms in total. The van der Waals surface area contributed by atoms with Gasteiger partial charge in [0.25, 0.3) is 0 Å². The van der Waals surface area contributed by atoms with Crippen molar-refractivity contribution in [3.05, 3.63) is 0 Å². The van der Waals surface area contributed by atoms with E-state index >= 15 is 0 Å².